The van der Waals surface area contributed by atoms with Crippen LogP contribution in [0.5, 0.6) is 17.2 Å². The van der Waals surface area contributed by atoms with Crippen LogP contribution in [0.4, 0.5) is 9.59 Å². The second-order valence-corrected chi connectivity index (χ2v) is 4.88. The molecule has 0 radical (unpaired) electrons. The maximum Gasteiger partial charge on any atom is 0.519 e. The zero-order valence-corrected chi connectivity index (χ0v) is 22.1. The lowest BCUT2D eigenvalue weighted by Crippen LogP contribution is -2.13. The first kappa shape index (κ1) is 35.3. The molecule has 34 heavy (non-hydrogen) atoms. The predicted octanol–water partition coefficient (Wildman–Crippen LogP) is 7.51. The third-order valence-electron chi connectivity index (χ3n) is 2.91. The number of para-hydroxylation sites is 1. The van der Waals surface area contributed by atoms with Crippen LogP contribution in [0, 0.1) is 0 Å². The van der Waals surface area contributed by atoms with Gasteiger partial charge < -0.3 is 28.4 Å². The van der Waals surface area contributed by atoms with Crippen molar-refractivity contribution < 1.29 is 38.0 Å². The molecule has 2 aromatic rings. The molecule has 0 atom stereocenters. The fourth-order valence-corrected chi connectivity index (χ4v) is 1.68. The van der Waals surface area contributed by atoms with Crippen LogP contribution in [0.3, 0.4) is 0 Å². The molecule has 2 rings (SSSR count). The van der Waals surface area contributed by atoms with E-state index in [0.717, 1.165) is 0 Å². The highest BCUT2D eigenvalue weighted by molar-refractivity contribution is 5.67. The monoisotopic (exact) mass is 482 g/mol. The summed E-state index contributed by atoms with van der Waals surface area (Å²) < 4.78 is 28.9. The molecule has 0 N–H and O–H groups in total. The van der Waals surface area contributed by atoms with E-state index >= 15 is 0 Å². The summed E-state index contributed by atoms with van der Waals surface area (Å²) >= 11 is 0. The SMILES string of the molecule is CC.CC.CC.CCOC(=O)OC.CCOCOc1ccc(OC(=O)Oc2ccccc2)cc1. The van der Waals surface area contributed by atoms with Gasteiger partial charge in [-0.05, 0) is 50.2 Å². The Balaban J connectivity index is -0.000000623. The topological polar surface area (TPSA) is 89.5 Å². The number of carbonyl (C=O) groups excluding carboxylic acids is 2. The lowest BCUT2D eigenvalue weighted by Gasteiger charge is -2.07. The van der Waals surface area contributed by atoms with Gasteiger partial charge in [0.25, 0.3) is 0 Å². The number of rotatable bonds is 7. The van der Waals surface area contributed by atoms with E-state index in [0.29, 0.717) is 30.5 Å². The summed E-state index contributed by atoms with van der Waals surface area (Å²) in [6, 6.07) is 15.3. The number of hydrogen-bond acceptors (Lipinski definition) is 8. The van der Waals surface area contributed by atoms with Crippen molar-refractivity contribution in [3.63, 3.8) is 0 Å². The Morgan fingerprint density at radius 1 is 0.647 bits per heavy atom. The number of hydrogen-bond donors (Lipinski definition) is 0. The second kappa shape index (κ2) is 27.8. The fourth-order valence-electron chi connectivity index (χ4n) is 1.68. The predicted molar refractivity (Wildman–Crippen MR) is 135 cm³/mol. The molecule has 194 valence electrons. The van der Waals surface area contributed by atoms with Gasteiger partial charge in [-0.2, -0.15) is 0 Å². The van der Waals surface area contributed by atoms with Gasteiger partial charge in [0.1, 0.15) is 17.2 Å². The third-order valence-corrected chi connectivity index (χ3v) is 2.91. The summed E-state index contributed by atoms with van der Waals surface area (Å²) in [7, 11) is 1.28. The standard InChI is InChI=1S/C16H16O5.C4H8O3.3C2H6/c1-2-18-12-19-13-8-10-15(11-9-13)21-16(17)20-14-6-4-3-5-7-14;1-3-7-4(5)6-2;3*1-2/h3-11H,2,12H2,1H3;3H2,1-2H3;3*1-2H3. The molecular formula is C26H42O8. The van der Waals surface area contributed by atoms with Crippen molar-refractivity contribution in [1.29, 1.82) is 0 Å². The molecule has 0 heterocycles. The van der Waals surface area contributed by atoms with Crippen molar-refractivity contribution >= 4 is 12.3 Å². The Morgan fingerprint density at radius 3 is 1.53 bits per heavy atom. The molecule has 0 unspecified atom stereocenters. The van der Waals surface area contributed by atoms with Crippen molar-refractivity contribution in [3.05, 3.63) is 54.6 Å². The molecule has 0 bridgehead atoms. The molecule has 0 saturated carbocycles. The van der Waals surface area contributed by atoms with Crippen LogP contribution in [-0.4, -0.2) is 39.4 Å². The average molecular weight is 483 g/mol. The molecule has 0 spiro atoms. The minimum Gasteiger partial charge on any atom is -0.468 e. The first-order valence-corrected chi connectivity index (χ1v) is 11.5. The maximum atomic E-state index is 11.6. The van der Waals surface area contributed by atoms with Crippen molar-refractivity contribution in [3.8, 4) is 17.2 Å². The van der Waals surface area contributed by atoms with E-state index in [1.165, 1.54) is 7.11 Å². The Kier molecular flexibility index (Phi) is 28.9. The minimum atomic E-state index is -0.788. The Hall–Kier alpha value is -3.26. The van der Waals surface area contributed by atoms with E-state index in [1.54, 1.807) is 55.5 Å². The summed E-state index contributed by atoms with van der Waals surface area (Å²) in [5.41, 5.74) is 0. The first-order valence-electron chi connectivity index (χ1n) is 11.5. The highest BCUT2D eigenvalue weighted by Gasteiger charge is 2.07. The largest absolute Gasteiger partial charge is 0.519 e. The Labute approximate surface area is 205 Å². The van der Waals surface area contributed by atoms with Gasteiger partial charge in [-0.1, -0.05) is 59.7 Å². The molecule has 0 saturated heterocycles. The van der Waals surface area contributed by atoms with Gasteiger partial charge in [-0.15, -0.1) is 0 Å². The second-order valence-electron chi connectivity index (χ2n) is 4.88. The molecule has 0 fully saturated rings. The lowest BCUT2D eigenvalue weighted by atomic mass is 10.3. The van der Waals surface area contributed by atoms with E-state index in [-0.39, 0.29) is 6.79 Å². The summed E-state index contributed by atoms with van der Waals surface area (Å²) in [4.78, 5) is 21.5. The molecule has 0 aliphatic heterocycles. The minimum absolute atomic E-state index is 0.187. The van der Waals surface area contributed by atoms with E-state index in [9.17, 15) is 9.59 Å². The molecule has 0 aliphatic carbocycles. The van der Waals surface area contributed by atoms with Gasteiger partial charge >= 0.3 is 12.3 Å². The summed E-state index contributed by atoms with van der Waals surface area (Å²) in [6.45, 7) is 16.8. The van der Waals surface area contributed by atoms with Gasteiger partial charge in [0.05, 0.1) is 13.7 Å². The van der Waals surface area contributed by atoms with Gasteiger partial charge in [-0.3, -0.25) is 0 Å². The van der Waals surface area contributed by atoms with Gasteiger partial charge in [0.2, 0.25) is 0 Å². The highest BCUT2D eigenvalue weighted by Crippen LogP contribution is 2.18. The zero-order chi connectivity index (χ0) is 26.6. The Morgan fingerprint density at radius 2 is 1.12 bits per heavy atom. The summed E-state index contributed by atoms with van der Waals surface area (Å²) in [6.07, 6.45) is -1.41. The average Bonchev–Trinajstić information content (AvgIpc) is 2.90. The maximum absolute atomic E-state index is 11.6. The van der Waals surface area contributed by atoms with Crippen molar-refractivity contribution in [2.75, 3.05) is 27.1 Å². The van der Waals surface area contributed by atoms with E-state index in [2.05, 4.69) is 9.47 Å². The number of ether oxygens (including phenoxy) is 6. The molecule has 0 aromatic heterocycles. The number of methoxy groups -OCH3 is 1. The van der Waals surface area contributed by atoms with Gasteiger partial charge in [0, 0.05) is 6.61 Å². The van der Waals surface area contributed by atoms with Crippen molar-refractivity contribution in [1.82, 2.24) is 0 Å². The van der Waals surface area contributed by atoms with Crippen LogP contribution in [0.2, 0.25) is 0 Å². The van der Waals surface area contributed by atoms with Crippen LogP contribution in [0.1, 0.15) is 55.4 Å². The lowest BCUT2D eigenvalue weighted by molar-refractivity contribution is 0.0223. The van der Waals surface area contributed by atoms with Crippen molar-refractivity contribution in [2.45, 2.75) is 55.4 Å². The smallest absolute Gasteiger partial charge is 0.468 e. The van der Waals surface area contributed by atoms with E-state index in [4.69, 9.17) is 18.9 Å². The molecule has 0 aliphatic rings. The summed E-state index contributed by atoms with van der Waals surface area (Å²) in [5, 5.41) is 0. The van der Waals surface area contributed by atoms with E-state index in [1.807, 2.05) is 54.5 Å². The molecule has 8 heteroatoms. The van der Waals surface area contributed by atoms with Gasteiger partial charge in [-0.25, -0.2) is 9.59 Å². The molecule has 0 amide bonds. The first-order chi connectivity index (χ1) is 16.6. The summed E-state index contributed by atoms with van der Waals surface area (Å²) in [5.74, 6) is 1.44. The third kappa shape index (κ3) is 20.6. The van der Waals surface area contributed by atoms with Crippen LogP contribution >= 0.6 is 0 Å². The zero-order valence-electron chi connectivity index (χ0n) is 22.1. The fraction of sp³-hybridized carbons (Fsp3) is 0.462. The van der Waals surface area contributed by atoms with Crippen LogP contribution < -0.4 is 14.2 Å². The van der Waals surface area contributed by atoms with Crippen LogP contribution in [-0.2, 0) is 14.2 Å². The van der Waals surface area contributed by atoms with Crippen LogP contribution in [0.15, 0.2) is 54.6 Å². The molecular weight excluding hydrogens is 440 g/mol. The highest BCUT2D eigenvalue weighted by atomic mass is 16.7. The van der Waals surface area contributed by atoms with Gasteiger partial charge in [0.15, 0.2) is 6.79 Å². The quantitative estimate of drug-likeness (QED) is 0.173. The normalized spacial score (nSPS) is 8.26. The van der Waals surface area contributed by atoms with Crippen molar-refractivity contribution in [2.24, 2.45) is 0 Å². The molecule has 8 nitrogen and oxygen atoms in total. The van der Waals surface area contributed by atoms with Crippen LogP contribution in [0.25, 0.3) is 0 Å². The van der Waals surface area contributed by atoms with E-state index < -0.39 is 12.3 Å². The number of carbonyl (C=O) groups is 2. The molecule has 2 aromatic carbocycles. The number of benzene rings is 2. The Bertz CT molecular complexity index is 688.